The molecule has 1 aliphatic carbocycles. The predicted molar refractivity (Wildman–Crippen MR) is 88.1 cm³/mol. The van der Waals surface area contributed by atoms with Crippen molar-refractivity contribution in [3.8, 4) is 0 Å². The molecule has 3 N–H and O–H groups in total. The molecule has 0 unspecified atom stereocenters. The molecule has 0 atom stereocenters. The van der Waals surface area contributed by atoms with Gasteiger partial charge in [-0.15, -0.1) is 0 Å². The number of carbonyl (C=O) groups excluding carboxylic acids is 1. The van der Waals surface area contributed by atoms with E-state index in [9.17, 15) is 4.79 Å². The highest BCUT2D eigenvalue weighted by Crippen LogP contribution is 2.42. The number of carbonyl (C=O) groups is 1. The van der Waals surface area contributed by atoms with E-state index in [2.05, 4.69) is 45.1 Å². The third-order valence-corrected chi connectivity index (χ3v) is 4.94. The summed E-state index contributed by atoms with van der Waals surface area (Å²) in [5.41, 5.74) is 7.62. The second kappa shape index (κ2) is 5.70. The van der Waals surface area contributed by atoms with Crippen molar-refractivity contribution in [2.24, 2.45) is 17.1 Å². The van der Waals surface area contributed by atoms with E-state index in [4.69, 9.17) is 5.73 Å². The Kier molecular flexibility index (Phi) is 4.31. The van der Waals surface area contributed by atoms with E-state index in [0.29, 0.717) is 11.3 Å². The SMILES string of the molecule is Cc1cccc(NC2(C(N)=O)CCC(C(C)(C)C)CC2)c1. The smallest absolute Gasteiger partial charge is 0.243 e. The molecule has 0 bridgehead atoms. The van der Waals surface area contributed by atoms with Crippen LogP contribution in [0.4, 0.5) is 5.69 Å². The number of anilines is 1. The van der Waals surface area contributed by atoms with E-state index in [1.165, 1.54) is 5.56 Å². The molecular formula is C18H28N2O. The standard InChI is InChI=1S/C18H28N2O/c1-13-6-5-7-15(12-13)20-18(16(19)21)10-8-14(9-11-18)17(2,3)4/h5-7,12,14,20H,8-11H2,1-4H3,(H2,19,21). The summed E-state index contributed by atoms with van der Waals surface area (Å²) in [4.78, 5) is 12.1. The van der Waals surface area contributed by atoms with E-state index >= 15 is 0 Å². The van der Waals surface area contributed by atoms with Gasteiger partial charge in [-0.05, 0) is 61.6 Å². The minimum Gasteiger partial charge on any atom is -0.371 e. The lowest BCUT2D eigenvalue weighted by molar-refractivity contribution is -0.123. The van der Waals surface area contributed by atoms with Gasteiger partial charge in [0.1, 0.15) is 5.54 Å². The molecule has 0 spiro atoms. The molecule has 1 amide bonds. The van der Waals surface area contributed by atoms with Gasteiger partial charge >= 0.3 is 0 Å². The van der Waals surface area contributed by atoms with Crippen molar-refractivity contribution in [1.82, 2.24) is 0 Å². The number of amides is 1. The van der Waals surface area contributed by atoms with Crippen molar-refractivity contribution in [1.29, 1.82) is 0 Å². The first-order valence-corrected chi connectivity index (χ1v) is 7.88. The van der Waals surface area contributed by atoms with Crippen molar-refractivity contribution in [3.05, 3.63) is 29.8 Å². The predicted octanol–water partition coefficient (Wildman–Crippen LogP) is 3.87. The van der Waals surface area contributed by atoms with Crippen LogP contribution in [-0.4, -0.2) is 11.4 Å². The van der Waals surface area contributed by atoms with Gasteiger partial charge in [-0.1, -0.05) is 32.9 Å². The fourth-order valence-electron chi connectivity index (χ4n) is 3.41. The molecule has 2 rings (SSSR count). The zero-order chi connectivity index (χ0) is 15.7. The maximum absolute atomic E-state index is 12.1. The Balaban J connectivity index is 2.15. The lowest BCUT2D eigenvalue weighted by Crippen LogP contribution is -2.53. The average molecular weight is 288 g/mol. The second-order valence-electron chi connectivity index (χ2n) is 7.58. The summed E-state index contributed by atoms with van der Waals surface area (Å²) in [6, 6.07) is 8.14. The van der Waals surface area contributed by atoms with Crippen LogP contribution in [0, 0.1) is 18.3 Å². The Morgan fingerprint density at radius 3 is 2.38 bits per heavy atom. The first kappa shape index (κ1) is 15.9. The van der Waals surface area contributed by atoms with E-state index in [-0.39, 0.29) is 5.91 Å². The Labute approximate surface area is 128 Å². The minimum absolute atomic E-state index is 0.226. The number of aryl methyl sites for hydroxylation is 1. The van der Waals surface area contributed by atoms with Gasteiger partial charge in [0.2, 0.25) is 5.91 Å². The fourth-order valence-corrected chi connectivity index (χ4v) is 3.41. The number of hydrogen-bond donors (Lipinski definition) is 2. The maximum atomic E-state index is 12.1. The Bertz CT molecular complexity index is 508. The molecule has 0 aliphatic heterocycles. The molecule has 21 heavy (non-hydrogen) atoms. The van der Waals surface area contributed by atoms with Gasteiger partial charge < -0.3 is 11.1 Å². The lowest BCUT2D eigenvalue weighted by atomic mass is 9.67. The van der Waals surface area contributed by atoms with E-state index in [1.54, 1.807) is 0 Å². The third kappa shape index (κ3) is 3.58. The fraction of sp³-hybridized carbons (Fsp3) is 0.611. The highest BCUT2D eigenvalue weighted by Gasteiger charge is 2.42. The van der Waals surface area contributed by atoms with Crippen molar-refractivity contribution < 1.29 is 4.79 Å². The molecule has 1 aliphatic rings. The Hall–Kier alpha value is -1.51. The molecule has 0 saturated heterocycles. The lowest BCUT2D eigenvalue weighted by Gasteiger charge is -2.43. The summed E-state index contributed by atoms with van der Waals surface area (Å²) >= 11 is 0. The van der Waals surface area contributed by atoms with Crippen molar-refractivity contribution in [2.45, 2.75) is 58.9 Å². The van der Waals surface area contributed by atoms with Crippen LogP contribution in [-0.2, 0) is 4.79 Å². The van der Waals surface area contributed by atoms with Crippen LogP contribution >= 0.6 is 0 Å². The summed E-state index contributed by atoms with van der Waals surface area (Å²) < 4.78 is 0. The van der Waals surface area contributed by atoms with Crippen LogP contribution in [0.3, 0.4) is 0 Å². The number of nitrogens with one attached hydrogen (secondary N) is 1. The van der Waals surface area contributed by atoms with Crippen molar-refractivity contribution >= 4 is 11.6 Å². The number of benzene rings is 1. The molecule has 3 nitrogen and oxygen atoms in total. The van der Waals surface area contributed by atoms with Crippen LogP contribution in [0.5, 0.6) is 0 Å². The molecule has 0 heterocycles. The molecule has 1 aromatic rings. The third-order valence-electron chi connectivity index (χ3n) is 4.94. The first-order chi connectivity index (χ1) is 9.73. The van der Waals surface area contributed by atoms with Crippen LogP contribution in [0.1, 0.15) is 52.0 Å². The van der Waals surface area contributed by atoms with Crippen molar-refractivity contribution in [2.75, 3.05) is 5.32 Å². The average Bonchev–Trinajstić information content (AvgIpc) is 2.38. The van der Waals surface area contributed by atoms with Gasteiger partial charge in [0.15, 0.2) is 0 Å². The molecule has 1 aromatic carbocycles. The van der Waals surface area contributed by atoms with Gasteiger partial charge in [0.25, 0.3) is 0 Å². The van der Waals surface area contributed by atoms with Crippen LogP contribution in [0.25, 0.3) is 0 Å². The van der Waals surface area contributed by atoms with Crippen LogP contribution in [0.2, 0.25) is 0 Å². The summed E-state index contributed by atoms with van der Waals surface area (Å²) in [5, 5.41) is 3.43. The summed E-state index contributed by atoms with van der Waals surface area (Å²) in [6.07, 6.45) is 3.73. The zero-order valence-corrected chi connectivity index (χ0v) is 13.7. The van der Waals surface area contributed by atoms with E-state index in [0.717, 1.165) is 31.4 Å². The van der Waals surface area contributed by atoms with Crippen molar-refractivity contribution in [3.63, 3.8) is 0 Å². The Morgan fingerprint density at radius 2 is 1.90 bits per heavy atom. The number of rotatable bonds is 3. The quantitative estimate of drug-likeness (QED) is 0.887. The summed E-state index contributed by atoms with van der Waals surface area (Å²) in [6.45, 7) is 8.90. The number of primary amides is 1. The zero-order valence-electron chi connectivity index (χ0n) is 13.7. The molecule has 0 aromatic heterocycles. The maximum Gasteiger partial charge on any atom is 0.243 e. The van der Waals surface area contributed by atoms with Gasteiger partial charge in [-0.25, -0.2) is 0 Å². The summed E-state index contributed by atoms with van der Waals surface area (Å²) in [7, 11) is 0. The molecule has 116 valence electrons. The van der Waals surface area contributed by atoms with Crippen LogP contribution in [0.15, 0.2) is 24.3 Å². The Morgan fingerprint density at radius 1 is 1.29 bits per heavy atom. The molecular weight excluding hydrogens is 260 g/mol. The molecule has 3 heteroatoms. The van der Waals surface area contributed by atoms with Crippen LogP contribution < -0.4 is 11.1 Å². The molecule has 1 fully saturated rings. The molecule has 0 radical (unpaired) electrons. The highest BCUT2D eigenvalue weighted by molar-refractivity contribution is 5.88. The number of nitrogens with two attached hydrogens (primary N) is 1. The van der Waals surface area contributed by atoms with Gasteiger partial charge in [-0.3, -0.25) is 4.79 Å². The van der Waals surface area contributed by atoms with Gasteiger partial charge in [-0.2, -0.15) is 0 Å². The largest absolute Gasteiger partial charge is 0.371 e. The van der Waals surface area contributed by atoms with E-state index in [1.807, 2.05) is 12.1 Å². The second-order valence-corrected chi connectivity index (χ2v) is 7.58. The van der Waals surface area contributed by atoms with Gasteiger partial charge in [0, 0.05) is 5.69 Å². The normalized spacial score (nSPS) is 26.4. The summed E-state index contributed by atoms with van der Waals surface area (Å²) in [5.74, 6) is 0.431. The monoisotopic (exact) mass is 288 g/mol. The van der Waals surface area contributed by atoms with Gasteiger partial charge in [0.05, 0.1) is 0 Å². The highest BCUT2D eigenvalue weighted by atomic mass is 16.1. The minimum atomic E-state index is -0.588. The number of hydrogen-bond acceptors (Lipinski definition) is 2. The first-order valence-electron chi connectivity index (χ1n) is 7.88. The molecule has 1 saturated carbocycles. The topological polar surface area (TPSA) is 55.1 Å². The van der Waals surface area contributed by atoms with E-state index < -0.39 is 5.54 Å².